The van der Waals surface area contributed by atoms with E-state index in [1.165, 1.54) is 6.20 Å². The summed E-state index contributed by atoms with van der Waals surface area (Å²) in [6.07, 6.45) is 3.11. The summed E-state index contributed by atoms with van der Waals surface area (Å²) >= 11 is 5.87. The monoisotopic (exact) mass is 307 g/mol. The molecule has 2 rings (SSSR count). The Kier molecular flexibility index (Phi) is 4.65. The SMILES string of the molecule is CC(C)NC(Cn1cc(Cl)cn1)(C(=O)O)c1ccccc1. The normalized spacial score (nSPS) is 14.1. The van der Waals surface area contributed by atoms with Crippen molar-refractivity contribution in [3.05, 3.63) is 53.3 Å². The van der Waals surface area contributed by atoms with Crippen molar-refractivity contribution in [3.8, 4) is 0 Å². The largest absolute Gasteiger partial charge is 0.480 e. The quantitative estimate of drug-likeness (QED) is 0.860. The predicted octanol–water partition coefficient (Wildman–Crippen LogP) is 2.51. The van der Waals surface area contributed by atoms with Gasteiger partial charge in [-0.1, -0.05) is 41.9 Å². The van der Waals surface area contributed by atoms with Crippen molar-refractivity contribution in [2.75, 3.05) is 0 Å². The van der Waals surface area contributed by atoms with Crippen LogP contribution in [0.5, 0.6) is 0 Å². The molecule has 2 aromatic rings. The van der Waals surface area contributed by atoms with Gasteiger partial charge in [0, 0.05) is 12.2 Å². The third-order valence-corrected chi connectivity index (χ3v) is 3.36. The molecule has 0 saturated carbocycles. The Morgan fingerprint density at radius 3 is 2.57 bits per heavy atom. The molecule has 1 unspecified atom stereocenters. The Labute approximate surface area is 128 Å². The summed E-state index contributed by atoms with van der Waals surface area (Å²) < 4.78 is 1.54. The average Bonchev–Trinajstić information content (AvgIpc) is 2.83. The number of rotatable bonds is 6. The molecule has 0 bridgehead atoms. The summed E-state index contributed by atoms with van der Waals surface area (Å²) in [5.74, 6) is -0.950. The molecule has 1 atom stereocenters. The first kappa shape index (κ1) is 15.5. The van der Waals surface area contributed by atoms with Gasteiger partial charge in [0.2, 0.25) is 0 Å². The van der Waals surface area contributed by atoms with Crippen LogP contribution in [0, 0.1) is 0 Å². The zero-order valence-corrected chi connectivity index (χ0v) is 12.7. The van der Waals surface area contributed by atoms with Gasteiger partial charge < -0.3 is 5.11 Å². The van der Waals surface area contributed by atoms with Gasteiger partial charge in [0.15, 0.2) is 5.54 Å². The van der Waals surface area contributed by atoms with E-state index in [0.29, 0.717) is 10.6 Å². The lowest BCUT2D eigenvalue weighted by Crippen LogP contribution is -2.54. The van der Waals surface area contributed by atoms with Gasteiger partial charge in [-0.2, -0.15) is 5.10 Å². The van der Waals surface area contributed by atoms with Crippen LogP contribution in [0.1, 0.15) is 19.4 Å². The van der Waals surface area contributed by atoms with Crippen molar-refractivity contribution in [3.63, 3.8) is 0 Å². The summed E-state index contributed by atoms with van der Waals surface area (Å²) in [6.45, 7) is 3.98. The molecule has 0 aliphatic rings. The van der Waals surface area contributed by atoms with E-state index in [0.717, 1.165) is 0 Å². The number of hydrogen-bond donors (Lipinski definition) is 2. The zero-order valence-electron chi connectivity index (χ0n) is 12.0. The van der Waals surface area contributed by atoms with Crippen molar-refractivity contribution in [1.82, 2.24) is 15.1 Å². The summed E-state index contributed by atoms with van der Waals surface area (Å²) in [5.41, 5.74) is -0.581. The Bertz CT molecular complexity index is 612. The Morgan fingerprint density at radius 1 is 1.43 bits per heavy atom. The number of benzene rings is 1. The van der Waals surface area contributed by atoms with E-state index in [1.807, 2.05) is 32.0 Å². The van der Waals surface area contributed by atoms with Gasteiger partial charge in [0.1, 0.15) is 0 Å². The summed E-state index contributed by atoms with van der Waals surface area (Å²) in [4.78, 5) is 12.0. The van der Waals surface area contributed by atoms with Gasteiger partial charge in [-0.05, 0) is 19.4 Å². The van der Waals surface area contributed by atoms with Gasteiger partial charge in [-0.15, -0.1) is 0 Å². The van der Waals surface area contributed by atoms with Gasteiger partial charge >= 0.3 is 5.97 Å². The number of aliphatic carboxylic acids is 1. The van der Waals surface area contributed by atoms with E-state index in [9.17, 15) is 9.90 Å². The van der Waals surface area contributed by atoms with Crippen molar-refractivity contribution >= 4 is 17.6 Å². The molecule has 0 aliphatic heterocycles. The van der Waals surface area contributed by atoms with Crippen LogP contribution in [0.4, 0.5) is 0 Å². The highest BCUT2D eigenvalue weighted by Crippen LogP contribution is 2.25. The number of nitrogens with one attached hydrogen (secondary N) is 1. The second-order valence-electron chi connectivity index (χ2n) is 5.23. The molecule has 1 aromatic heterocycles. The predicted molar refractivity (Wildman–Crippen MR) is 81.3 cm³/mol. The minimum atomic E-state index is -1.26. The highest BCUT2D eigenvalue weighted by atomic mass is 35.5. The molecule has 5 nitrogen and oxygen atoms in total. The fourth-order valence-corrected chi connectivity index (χ4v) is 2.51. The number of nitrogens with zero attached hydrogens (tertiary/aromatic N) is 2. The van der Waals surface area contributed by atoms with E-state index >= 15 is 0 Å². The third kappa shape index (κ3) is 3.43. The van der Waals surface area contributed by atoms with Crippen LogP contribution in [0.15, 0.2) is 42.7 Å². The van der Waals surface area contributed by atoms with Crippen LogP contribution < -0.4 is 5.32 Å². The molecule has 6 heteroatoms. The molecule has 0 aliphatic carbocycles. The molecular weight excluding hydrogens is 290 g/mol. The summed E-state index contributed by atoms with van der Waals surface area (Å²) in [5, 5.41) is 17.6. The number of carboxylic acid groups (broad SMARTS) is 1. The van der Waals surface area contributed by atoms with Gasteiger partial charge in [0.05, 0.1) is 17.8 Å². The Balaban J connectivity index is 2.48. The van der Waals surface area contributed by atoms with Crippen LogP contribution in [0.3, 0.4) is 0 Å². The van der Waals surface area contributed by atoms with E-state index in [1.54, 1.807) is 23.0 Å². The topological polar surface area (TPSA) is 67.2 Å². The maximum Gasteiger partial charge on any atom is 0.330 e. The van der Waals surface area contributed by atoms with Crippen LogP contribution in [0.25, 0.3) is 0 Å². The van der Waals surface area contributed by atoms with E-state index in [2.05, 4.69) is 10.4 Å². The number of aromatic nitrogens is 2. The highest BCUT2D eigenvalue weighted by Gasteiger charge is 2.41. The Hall–Kier alpha value is -1.85. The molecule has 1 aromatic carbocycles. The van der Waals surface area contributed by atoms with Crippen LogP contribution in [-0.4, -0.2) is 26.9 Å². The van der Waals surface area contributed by atoms with Crippen LogP contribution in [-0.2, 0) is 16.9 Å². The summed E-state index contributed by atoms with van der Waals surface area (Å²) in [6, 6.07) is 9.10. The Morgan fingerprint density at radius 2 is 2.10 bits per heavy atom. The molecule has 0 amide bonds. The fraction of sp³-hybridized carbons (Fsp3) is 0.333. The van der Waals surface area contributed by atoms with Crippen LogP contribution in [0.2, 0.25) is 5.02 Å². The number of carboxylic acids is 1. The molecule has 112 valence electrons. The molecule has 21 heavy (non-hydrogen) atoms. The van der Waals surface area contributed by atoms with Gasteiger partial charge in [-0.3, -0.25) is 10.00 Å². The minimum Gasteiger partial charge on any atom is -0.480 e. The fourth-order valence-electron chi connectivity index (χ4n) is 2.36. The molecule has 2 N–H and O–H groups in total. The van der Waals surface area contributed by atoms with Gasteiger partial charge in [-0.25, -0.2) is 4.79 Å². The third-order valence-electron chi connectivity index (χ3n) is 3.17. The van der Waals surface area contributed by atoms with Crippen molar-refractivity contribution in [2.45, 2.75) is 32.0 Å². The average molecular weight is 308 g/mol. The van der Waals surface area contributed by atoms with Crippen molar-refractivity contribution in [1.29, 1.82) is 0 Å². The van der Waals surface area contributed by atoms with Crippen molar-refractivity contribution in [2.24, 2.45) is 0 Å². The summed E-state index contributed by atoms with van der Waals surface area (Å²) in [7, 11) is 0. The number of carbonyl (C=O) groups is 1. The molecule has 0 spiro atoms. The molecule has 0 fully saturated rings. The smallest absolute Gasteiger partial charge is 0.330 e. The second-order valence-corrected chi connectivity index (χ2v) is 5.67. The first-order chi connectivity index (χ1) is 9.94. The van der Waals surface area contributed by atoms with E-state index < -0.39 is 11.5 Å². The maximum atomic E-state index is 12.0. The van der Waals surface area contributed by atoms with Crippen LogP contribution >= 0.6 is 11.6 Å². The highest BCUT2D eigenvalue weighted by molar-refractivity contribution is 6.30. The molecule has 0 radical (unpaired) electrons. The molecule has 1 heterocycles. The number of hydrogen-bond acceptors (Lipinski definition) is 3. The first-order valence-electron chi connectivity index (χ1n) is 6.68. The van der Waals surface area contributed by atoms with Gasteiger partial charge in [0.25, 0.3) is 0 Å². The van der Waals surface area contributed by atoms with E-state index in [4.69, 9.17) is 11.6 Å². The van der Waals surface area contributed by atoms with Crippen molar-refractivity contribution < 1.29 is 9.90 Å². The minimum absolute atomic E-state index is 0.00709. The second kappa shape index (κ2) is 6.28. The zero-order chi connectivity index (χ0) is 15.5. The number of halogens is 1. The lowest BCUT2D eigenvalue weighted by molar-refractivity contribution is -0.146. The first-order valence-corrected chi connectivity index (χ1v) is 7.06. The lowest BCUT2D eigenvalue weighted by atomic mass is 9.89. The lowest BCUT2D eigenvalue weighted by Gasteiger charge is -2.33. The molecular formula is C15H18ClN3O2. The standard InChI is InChI=1S/C15H18ClN3O2/c1-11(2)18-15(14(20)21,12-6-4-3-5-7-12)10-19-9-13(16)8-17-19/h3-9,11,18H,10H2,1-2H3,(H,20,21). The van der Waals surface area contributed by atoms with E-state index in [-0.39, 0.29) is 12.6 Å². The molecule has 0 saturated heterocycles. The maximum absolute atomic E-state index is 12.0.